The van der Waals surface area contributed by atoms with Crippen LogP contribution >= 0.6 is 27.7 Å². The largest absolute Gasteiger partial charge is 0.488 e. The van der Waals surface area contributed by atoms with Gasteiger partial charge in [0, 0.05) is 16.6 Å². The molecule has 1 heterocycles. The van der Waals surface area contributed by atoms with Gasteiger partial charge in [0.25, 0.3) is 5.91 Å². The summed E-state index contributed by atoms with van der Waals surface area (Å²) < 4.78 is 7.18. The molecule has 4 aromatic rings. The summed E-state index contributed by atoms with van der Waals surface area (Å²) in [6.07, 6.45) is 2.66. The van der Waals surface area contributed by atoms with E-state index in [2.05, 4.69) is 28.1 Å². The highest BCUT2D eigenvalue weighted by Crippen LogP contribution is 2.36. The Hall–Kier alpha value is -3.61. The number of thioether (sulfide) groups is 1. The average Bonchev–Trinajstić information content (AvgIpc) is 3.23. The number of para-hydroxylation sites is 1. The lowest BCUT2D eigenvalue weighted by atomic mass is 10.1. The summed E-state index contributed by atoms with van der Waals surface area (Å²) in [5.74, 6) is 0.690. The van der Waals surface area contributed by atoms with Crippen molar-refractivity contribution in [2.45, 2.75) is 20.0 Å². The summed E-state index contributed by atoms with van der Waals surface area (Å²) in [7, 11) is 0. The molecular weight excluding hydrogens is 556 g/mol. The van der Waals surface area contributed by atoms with Crippen LogP contribution in [0.1, 0.15) is 22.3 Å². The number of carbonyl (C=O) groups excluding carboxylic acids is 1. The van der Waals surface area contributed by atoms with Crippen LogP contribution in [0.2, 0.25) is 0 Å². The molecule has 5 rings (SSSR count). The second-order valence-electron chi connectivity index (χ2n) is 8.99. The second kappa shape index (κ2) is 12.3. The first kappa shape index (κ1) is 26.0. The Labute approximate surface area is 236 Å². The number of rotatable bonds is 8. The molecule has 0 bridgehead atoms. The van der Waals surface area contributed by atoms with Crippen LogP contribution in [0.25, 0.3) is 6.08 Å². The maximum atomic E-state index is 13.6. The number of ether oxygens (including phenoxy) is 1. The molecule has 0 aliphatic carbocycles. The Morgan fingerprint density at radius 2 is 1.58 bits per heavy atom. The van der Waals surface area contributed by atoms with E-state index in [0.29, 0.717) is 23.2 Å². The van der Waals surface area contributed by atoms with E-state index in [9.17, 15) is 4.79 Å². The molecular formula is C32H27BrN2O2S. The van der Waals surface area contributed by atoms with E-state index in [1.807, 2.05) is 104 Å². The second-order valence-corrected chi connectivity index (χ2v) is 10.9. The number of amidine groups is 1. The molecule has 38 heavy (non-hydrogen) atoms. The molecule has 0 aromatic heterocycles. The predicted molar refractivity (Wildman–Crippen MR) is 161 cm³/mol. The van der Waals surface area contributed by atoms with Gasteiger partial charge in [-0.15, -0.1) is 0 Å². The number of amides is 1. The number of aryl methyl sites for hydroxylation is 1. The highest BCUT2D eigenvalue weighted by molar-refractivity contribution is 9.10. The van der Waals surface area contributed by atoms with Gasteiger partial charge in [-0.1, -0.05) is 94.3 Å². The summed E-state index contributed by atoms with van der Waals surface area (Å²) in [5.41, 5.74) is 5.12. The van der Waals surface area contributed by atoms with Gasteiger partial charge in [-0.3, -0.25) is 9.69 Å². The number of benzene rings is 4. The minimum Gasteiger partial charge on any atom is -0.488 e. The van der Waals surface area contributed by atoms with E-state index >= 15 is 0 Å². The first-order chi connectivity index (χ1) is 18.5. The topological polar surface area (TPSA) is 41.9 Å². The van der Waals surface area contributed by atoms with Crippen LogP contribution in [0.3, 0.4) is 0 Å². The Bertz CT molecular complexity index is 1470. The summed E-state index contributed by atoms with van der Waals surface area (Å²) in [6.45, 7) is 3.05. The maximum Gasteiger partial charge on any atom is 0.266 e. The molecule has 1 amide bonds. The summed E-state index contributed by atoms with van der Waals surface area (Å²) in [4.78, 5) is 20.9. The fraction of sp³-hybridized carbons (Fsp3) is 0.125. The molecule has 4 aromatic carbocycles. The van der Waals surface area contributed by atoms with Crippen LogP contribution in [0, 0.1) is 6.92 Å². The standard InChI is InChI=1S/C32H27BrN2O2S/c1-23-11-17-28(18-12-23)34-32-35(20-19-24-7-3-2-4-8-24)31(36)30(38-32)21-26-9-5-6-10-29(26)37-22-25-13-15-27(33)16-14-25/h2-18,21H,19-20,22H2,1H3/b30-21+,34-32?. The molecule has 1 saturated heterocycles. The molecule has 0 radical (unpaired) electrons. The minimum atomic E-state index is -0.0421. The lowest BCUT2D eigenvalue weighted by Crippen LogP contribution is -2.31. The maximum absolute atomic E-state index is 13.6. The Morgan fingerprint density at radius 1 is 0.868 bits per heavy atom. The van der Waals surface area contributed by atoms with Crippen molar-refractivity contribution < 1.29 is 9.53 Å². The third kappa shape index (κ3) is 6.63. The third-order valence-corrected chi connectivity index (χ3v) is 7.66. The normalized spacial score (nSPS) is 15.4. The molecule has 0 unspecified atom stereocenters. The van der Waals surface area contributed by atoms with Gasteiger partial charge >= 0.3 is 0 Å². The minimum absolute atomic E-state index is 0.0421. The molecule has 1 aliphatic rings. The van der Waals surface area contributed by atoms with Crippen LogP contribution < -0.4 is 4.74 Å². The highest BCUT2D eigenvalue weighted by atomic mass is 79.9. The summed E-state index contributed by atoms with van der Waals surface area (Å²) >= 11 is 4.88. The molecule has 0 saturated carbocycles. The van der Waals surface area contributed by atoms with Crippen LogP contribution in [0.5, 0.6) is 5.75 Å². The van der Waals surface area contributed by atoms with E-state index in [1.54, 1.807) is 4.90 Å². The molecule has 4 nitrogen and oxygen atoms in total. The smallest absolute Gasteiger partial charge is 0.266 e. The van der Waals surface area contributed by atoms with E-state index < -0.39 is 0 Å². The van der Waals surface area contributed by atoms with E-state index in [0.717, 1.165) is 33.5 Å². The van der Waals surface area contributed by atoms with Crippen molar-refractivity contribution in [2.75, 3.05) is 6.54 Å². The van der Waals surface area contributed by atoms with Gasteiger partial charge in [-0.25, -0.2) is 4.99 Å². The van der Waals surface area contributed by atoms with Crippen molar-refractivity contribution in [1.29, 1.82) is 0 Å². The van der Waals surface area contributed by atoms with Gasteiger partial charge in [-0.2, -0.15) is 0 Å². The monoisotopic (exact) mass is 582 g/mol. The van der Waals surface area contributed by atoms with Gasteiger partial charge in [0.1, 0.15) is 12.4 Å². The Balaban J connectivity index is 1.40. The highest BCUT2D eigenvalue weighted by Gasteiger charge is 2.33. The van der Waals surface area contributed by atoms with Crippen LogP contribution in [0.15, 0.2) is 117 Å². The van der Waals surface area contributed by atoms with Gasteiger partial charge < -0.3 is 4.74 Å². The molecule has 1 aliphatic heterocycles. The Morgan fingerprint density at radius 3 is 2.34 bits per heavy atom. The first-order valence-electron chi connectivity index (χ1n) is 12.4. The lowest BCUT2D eigenvalue weighted by molar-refractivity contribution is -0.122. The molecule has 190 valence electrons. The zero-order chi connectivity index (χ0) is 26.3. The fourth-order valence-electron chi connectivity index (χ4n) is 4.02. The van der Waals surface area contributed by atoms with Crippen LogP contribution in [0.4, 0.5) is 5.69 Å². The van der Waals surface area contributed by atoms with Crippen molar-refractivity contribution in [3.63, 3.8) is 0 Å². The number of halogens is 1. The SMILES string of the molecule is Cc1ccc(N=C2S/C(=C/c3ccccc3OCc3ccc(Br)cc3)C(=O)N2CCc2ccccc2)cc1. The number of nitrogens with zero attached hydrogens (tertiary/aromatic N) is 2. The Kier molecular flexibility index (Phi) is 8.41. The van der Waals surface area contributed by atoms with Gasteiger partial charge in [0.2, 0.25) is 0 Å². The number of carbonyl (C=O) groups is 1. The molecule has 0 atom stereocenters. The van der Waals surface area contributed by atoms with Crippen molar-refractivity contribution in [1.82, 2.24) is 4.90 Å². The van der Waals surface area contributed by atoms with E-state index in [-0.39, 0.29) is 5.91 Å². The van der Waals surface area contributed by atoms with E-state index in [1.165, 1.54) is 22.9 Å². The molecule has 0 N–H and O–H groups in total. The zero-order valence-electron chi connectivity index (χ0n) is 21.0. The lowest BCUT2D eigenvalue weighted by Gasteiger charge is -2.15. The predicted octanol–water partition coefficient (Wildman–Crippen LogP) is 8.18. The van der Waals surface area contributed by atoms with Gasteiger partial charge in [0.15, 0.2) is 5.17 Å². The quantitative estimate of drug-likeness (QED) is 0.197. The van der Waals surface area contributed by atoms with E-state index in [4.69, 9.17) is 9.73 Å². The van der Waals surface area contributed by atoms with Crippen LogP contribution in [-0.4, -0.2) is 22.5 Å². The number of aliphatic imine (C=N–C) groups is 1. The van der Waals surface area contributed by atoms with Gasteiger partial charge in [0.05, 0.1) is 10.6 Å². The number of hydrogen-bond donors (Lipinski definition) is 0. The van der Waals surface area contributed by atoms with Crippen molar-refractivity contribution >= 4 is 50.5 Å². The van der Waals surface area contributed by atoms with Crippen molar-refractivity contribution in [2.24, 2.45) is 4.99 Å². The molecule has 6 heteroatoms. The summed E-state index contributed by atoms with van der Waals surface area (Å²) in [6, 6.07) is 34.1. The molecule has 1 fully saturated rings. The molecule has 0 spiro atoms. The third-order valence-electron chi connectivity index (χ3n) is 6.13. The van der Waals surface area contributed by atoms with Crippen LogP contribution in [-0.2, 0) is 17.8 Å². The zero-order valence-corrected chi connectivity index (χ0v) is 23.4. The fourth-order valence-corrected chi connectivity index (χ4v) is 5.30. The number of hydrogen-bond acceptors (Lipinski definition) is 4. The summed E-state index contributed by atoms with van der Waals surface area (Å²) in [5, 5.41) is 0.689. The first-order valence-corrected chi connectivity index (χ1v) is 14.0. The van der Waals surface area contributed by atoms with Crippen molar-refractivity contribution in [3.8, 4) is 5.75 Å². The average molecular weight is 584 g/mol. The van der Waals surface area contributed by atoms with Crippen molar-refractivity contribution in [3.05, 3.63) is 135 Å². The van der Waals surface area contributed by atoms with Gasteiger partial charge in [-0.05, 0) is 72.6 Å².